The molecule has 1 amide bonds. The molecule has 8 heteroatoms. The summed E-state index contributed by atoms with van der Waals surface area (Å²) in [5, 5.41) is 6.28. The number of aryl methyl sites for hydroxylation is 1. The Morgan fingerprint density at radius 3 is 3.08 bits per heavy atom. The van der Waals surface area contributed by atoms with Gasteiger partial charge in [0, 0.05) is 49.5 Å². The van der Waals surface area contributed by atoms with Crippen molar-refractivity contribution in [3.63, 3.8) is 0 Å². The van der Waals surface area contributed by atoms with Gasteiger partial charge < -0.3 is 9.47 Å². The number of carbonyl (C=O) groups is 1. The van der Waals surface area contributed by atoms with Crippen molar-refractivity contribution in [1.29, 1.82) is 0 Å². The van der Waals surface area contributed by atoms with Crippen molar-refractivity contribution < 1.29 is 4.79 Å². The minimum absolute atomic E-state index is 0.0617. The summed E-state index contributed by atoms with van der Waals surface area (Å²) in [6, 6.07) is 1.80. The van der Waals surface area contributed by atoms with Crippen molar-refractivity contribution in [2.75, 3.05) is 13.1 Å². The molecule has 0 spiro atoms. The Kier molecular flexibility index (Phi) is 4.83. The average molecular weight is 370 g/mol. The third-order valence-corrected chi connectivity index (χ3v) is 5.51. The fourth-order valence-corrected chi connectivity index (χ4v) is 4.15. The molecule has 7 nitrogen and oxygen atoms in total. The fourth-order valence-electron chi connectivity index (χ4n) is 3.61. The molecule has 0 bridgehead atoms. The van der Waals surface area contributed by atoms with E-state index >= 15 is 0 Å². The van der Waals surface area contributed by atoms with Crippen LogP contribution in [0.5, 0.6) is 0 Å². The first-order valence-electron chi connectivity index (χ1n) is 8.95. The smallest absolute Gasteiger partial charge is 0.272 e. The summed E-state index contributed by atoms with van der Waals surface area (Å²) in [4.78, 5) is 23.8. The van der Waals surface area contributed by atoms with E-state index < -0.39 is 0 Å². The molecule has 0 aliphatic carbocycles. The van der Waals surface area contributed by atoms with E-state index in [4.69, 9.17) is 0 Å². The molecule has 0 radical (unpaired) electrons. The van der Waals surface area contributed by atoms with Gasteiger partial charge in [0.25, 0.3) is 5.91 Å². The van der Waals surface area contributed by atoms with Gasteiger partial charge in [0.15, 0.2) is 0 Å². The number of hydrogen-bond acceptors (Lipinski definition) is 5. The molecule has 0 aromatic carbocycles. The molecule has 1 aliphatic rings. The first-order chi connectivity index (χ1) is 12.8. The second kappa shape index (κ2) is 7.41. The van der Waals surface area contributed by atoms with E-state index in [1.54, 1.807) is 28.3 Å². The summed E-state index contributed by atoms with van der Waals surface area (Å²) in [6.07, 6.45) is 7.57. The van der Waals surface area contributed by atoms with Crippen LogP contribution in [0.1, 0.15) is 47.7 Å². The van der Waals surface area contributed by atoms with Crippen molar-refractivity contribution in [1.82, 2.24) is 29.2 Å². The Labute approximate surface area is 156 Å². The van der Waals surface area contributed by atoms with Gasteiger partial charge in [-0.25, -0.2) is 9.97 Å². The van der Waals surface area contributed by atoms with Crippen molar-refractivity contribution in [2.45, 2.75) is 38.8 Å². The van der Waals surface area contributed by atoms with E-state index in [1.165, 1.54) is 0 Å². The molecule has 3 aromatic heterocycles. The van der Waals surface area contributed by atoms with Gasteiger partial charge >= 0.3 is 0 Å². The topological polar surface area (TPSA) is 68.8 Å². The first-order valence-corrected chi connectivity index (χ1v) is 9.89. The monoisotopic (exact) mass is 370 g/mol. The molecule has 0 N–H and O–H groups in total. The molecule has 1 fully saturated rings. The standard InChI is InChI=1S/C18H22N6OS/c1-2-24-16(5-6-21-24)18(25)23-8-3-4-14(10-23)17-19-7-9-22(17)11-15-12-26-13-20-15/h5-7,9,12-14H,2-4,8,10-11H2,1H3. The zero-order chi connectivity index (χ0) is 17.9. The number of likely N-dealkylation sites (tertiary alicyclic amines) is 1. The van der Waals surface area contributed by atoms with E-state index in [1.807, 2.05) is 29.7 Å². The maximum absolute atomic E-state index is 12.9. The molecule has 3 aromatic rings. The maximum Gasteiger partial charge on any atom is 0.272 e. The normalized spacial score (nSPS) is 17.6. The van der Waals surface area contributed by atoms with E-state index in [0.29, 0.717) is 18.8 Å². The summed E-state index contributed by atoms with van der Waals surface area (Å²) in [5.41, 5.74) is 3.56. The van der Waals surface area contributed by atoms with Gasteiger partial charge in [-0.05, 0) is 25.8 Å². The predicted octanol–water partition coefficient (Wildman–Crippen LogP) is 2.62. The SMILES string of the molecule is CCn1nccc1C(=O)N1CCCC(c2nccn2Cc2cscn2)C1. The summed E-state index contributed by atoms with van der Waals surface area (Å²) < 4.78 is 3.92. The lowest BCUT2D eigenvalue weighted by atomic mass is 9.96. The zero-order valence-electron chi connectivity index (χ0n) is 14.8. The molecule has 1 aliphatic heterocycles. The molecule has 4 heterocycles. The van der Waals surface area contributed by atoms with Crippen LogP contribution in [0.2, 0.25) is 0 Å². The maximum atomic E-state index is 12.9. The first kappa shape index (κ1) is 17.0. The molecule has 1 saturated heterocycles. The highest BCUT2D eigenvalue weighted by atomic mass is 32.1. The highest BCUT2D eigenvalue weighted by Gasteiger charge is 2.29. The molecule has 136 valence electrons. The van der Waals surface area contributed by atoms with Crippen LogP contribution in [0.3, 0.4) is 0 Å². The Hall–Kier alpha value is -2.48. The molecular formula is C18H22N6OS. The van der Waals surface area contributed by atoms with Crippen LogP contribution >= 0.6 is 11.3 Å². The Morgan fingerprint density at radius 2 is 2.27 bits per heavy atom. The van der Waals surface area contributed by atoms with Crippen molar-refractivity contribution in [3.8, 4) is 0 Å². The van der Waals surface area contributed by atoms with Gasteiger partial charge in [-0.2, -0.15) is 5.10 Å². The largest absolute Gasteiger partial charge is 0.337 e. The molecule has 0 saturated carbocycles. The average Bonchev–Trinajstić information content (AvgIpc) is 3.43. The zero-order valence-corrected chi connectivity index (χ0v) is 15.6. The summed E-state index contributed by atoms with van der Waals surface area (Å²) >= 11 is 1.60. The van der Waals surface area contributed by atoms with Crippen molar-refractivity contribution >= 4 is 17.2 Å². The Balaban J connectivity index is 1.51. The number of hydrogen-bond donors (Lipinski definition) is 0. The lowest BCUT2D eigenvalue weighted by molar-refractivity contribution is 0.0691. The van der Waals surface area contributed by atoms with Crippen LogP contribution in [0.15, 0.2) is 35.5 Å². The van der Waals surface area contributed by atoms with E-state index in [2.05, 4.69) is 25.0 Å². The summed E-state index contributed by atoms with van der Waals surface area (Å²) in [6.45, 7) is 4.91. The number of nitrogens with zero attached hydrogens (tertiary/aromatic N) is 6. The Morgan fingerprint density at radius 1 is 1.35 bits per heavy atom. The molecule has 4 rings (SSSR count). The number of aromatic nitrogens is 5. The molecule has 1 atom stereocenters. The molecule has 26 heavy (non-hydrogen) atoms. The second-order valence-corrected chi connectivity index (χ2v) is 7.23. The summed E-state index contributed by atoms with van der Waals surface area (Å²) in [5.74, 6) is 1.35. The van der Waals surface area contributed by atoms with E-state index in [0.717, 1.165) is 37.4 Å². The van der Waals surface area contributed by atoms with E-state index in [-0.39, 0.29) is 11.8 Å². The van der Waals surface area contributed by atoms with Crippen molar-refractivity contribution in [2.24, 2.45) is 0 Å². The van der Waals surface area contributed by atoms with Crippen LogP contribution in [-0.4, -0.2) is 48.2 Å². The molecular weight excluding hydrogens is 348 g/mol. The lowest BCUT2D eigenvalue weighted by Crippen LogP contribution is -2.40. The van der Waals surface area contributed by atoms with Crippen LogP contribution in [0, 0.1) is 0 Å². The minimum atomic E-state index is 0.0617. The van der Waals surface area contributed by atoms with Crippen LogP contribution in [0.4, 0.5) is 0 Å². The number of imidazole rings is 1. The van der Waals surface area contributed by atoms with Gasteiger partial charge in [-0.3, -0.25) is 9.48 Å². The number of carbonyl (C=O) groups excluding carboxylic acids is 1. The van der Waals surface area contributed by atoms with Crippen LogP contribution in [-0.2, 0) is 13.1 Å². The third-order valence-electron chi connectivity index (χ3n) is 4.87. The summed E-state index contributed by atoms with van der Waals surface area (Å²) in [7, 11) is 0. The van der Waals surface area contributed by atoms with Gasteiger partial charge in [-0.15, -0.1) is 11.3 Å². The van der Waals surface area contributed by atoms with Gasteiger partial charge in [0.2, 0.25) is 0 Å². The van der Waals surface area contributed by atoms with Gasteiger partial charge in [0.1, 0.15) is 11.5 Å². The molecule has 1 unspecified atom stereocenters. The van der Waals surface area contributed by atoms with Crippen LogP contribution < -0.4 is 0 Å². The highest BCUT2D eigenvalue weighted by molar-refractivity contribution is 7.07. The van der Waals surface area contributed by atoms with Crippen LogP contribution in [0.25, 0.3) is 0 Å². The van der Waals surface area contributed by atoms with Gasteiger partial charge in [-0.1, -0.05) is 0 Å². The predicted molar refractivity (Wildman–Crippen MR) is 99.2 cm³/mol. The quantitative estimate of drug-likeness (QED) is 0.692. The number of amides is 1. The number of piperidine rings is 1. The second-order valence-electron chi connectivity index (χ2n) is 6.52. The third kappa shape index (κ3) is 3.29. The van der Waals surface area contributed by atoms with Crippen molar-refractivity contribution in [3.05, 3.63) is 52.8 Å². The lowest BCUT2D eigenvalue weighted by Gasteiger charge is -2.32. The van der Waals surface area contributed by atoms with Gasteiger partial charge in [0.05, 0.1) is 17.7 Å². The Bertz CT molecular complexity index is 868. The number of rotatable bonds is 5. The van der Waals surface area contributed by atoms with E-state index in [9.17, 15) is 4.79 Å². The number of thiazole rings is 1. The fraction of sp³-hybridized carbons (Fsp3) is 0.444. The highest BCUT2D eigenvalue weighted by Crippen LogP contribution is 2.27. The minimum Gasteiger partial charge on any atom is -0.337 e.